The molecule has 0 saturated carbocycles. The van der Waals surface area contributed by atoms with Crippen LogP contribution in [0.2, 0.25) is 0 Å². The first-order valence-electron chi connectivity index (χ1n) is 11.5. The first kappa shape index (κ1) is 24.9. The van der Waals surface area contributed by atoms with Gasteiger partial charge in [0.15, 0.2) is 0 Å². The Hall–Kier alpha value is -2.26. The molecule has 1 N–H and O–H groups in total. The molecule has 0 atom stereocenters. The van der Waals surface area contributed by atoms with Crippen LogP contribution in [0, 0.1) is 12.3 Å². The van der Waals surface area contributed by atoms with Gasteiger partial charge in [0.05, 0.1) is 0 Å². The van der Waals surface area contributed by atoms with Crippen LogP contribution in [0.25, 0.3) is 19.3 Å². The molecule has 0 aliphatic heterocycles. The molecule has 6 nitrogen and oxygen atoms in total. The second-order valence-electron chi connectivity index (χ2n) is 8.21. The predicted octanol–water partition coefficient (Wildman–Crippen LogP) is 2.98. The molecular weight excluding hydrogens is 562 g/mol. The first-order valence-corrected chi connectivity index (χ1v) is 14.8. The van der Waals surface area contributed by atoms with Gasteiger partial charge >= 0.3 is 211 Å². The van der Waals surface area contributed by atoms with Gasteiger partial charge in [-0.3, -0.25) is 0 Å². The van der Waals surface area contributed by atoms with Crippen LogP contribution in [-0.4, -0.2) is 48.3 Å². The van der Waals surface area contributed by atoms with Crippen molar-refractivity contribution >= 4 is 48.8 Å². The van der Waals surface area contributed by atoms with Gasteiger partial charge in [-0.25, -0.2) is 0 Å². The van der Waals surface area contributed by atoms with E-state index in [0.29, 0.717) is 13.0 Å². The van der Waals surface area contributed by atoms with Crippen molar-refractivity contribution < 1.29 is 9.84 Å². The van der Waals surface area contributed by atoms with Gasteiger partial charge < -0.3 is 0 Å². The molecule has 4 aromatic rings. The van der Waals surface area contributed by atoms with Crippen molar-refractivity contribution in [1.82, 2.24) is 7.12 Å². The number of benzene rings is 2. The summed E-state index contributed by atoms with van der Waals surface area (Å²) in [6.45, 7) is 2.06. The van der Waals surface area contributed by atoms with Crippen LogP contribution in [0.3, 0.4) is 0 Å². The van der Waals surface area contributed by atoms with Gasteiger partial charge in [0.25, 0.3) is 0 Å². The number of unbranched alkanes of at least 4 members (excludes halogenated alkanes) is 4. The summed E-state index contributed by atoms with van der Waals surface area (Å²) in [6.07, 6.45) is 10.8. The Morgan fingerprint density at radius 1 is 0.853 bits per heavy atom. The summed E-state index contributed by atoms with van der Waals surface area (Å²) < 4.78 is 11.9. The summed E-state index contributed by atoms with van der Waals surface area (Å²) in [6, 6.07) is 11.5. The van der Waals surface area contributed by atoms with E-state index >= 15 is 0 Å². The Kier molecular flexibility index (Phi) is 8.72. The van der Waals surface area contributed by atoms with Crippen molar-refractivity contribution in [3.05, 3.63) is 62.7 Å². The molecule has 0 fully saturated rings. The molecule has 0 unspecified atom stereocenters. The van der Waals surface area contributed by atoms with Crippen molar-refractivity contribution in [2.75, 3.05) is 6.61 Å². The molecule has 34 heavy (non-hydrogen) atoms. The molecule has 0 radical (unpaired) electrons. The summed E-state index contributed by atoms with van der Waals surface area (Å²) in [4.78, 5) is 25.4. The standard InChI is InChI=1S/C26H28N2O4Se2/c1-2-3-8-15-32-20-10-12-24-22(17-20)26(31)28(34-24)14-7-5-4-6-13-27-25(30)21-16-19(18-29)9-11-23(21)33-27/h1,9-12,16-17,29H,3-8,13-15,18H2. The van der Waals surface area contributed by atoms with Crippen molar-refractivity contribution in [3.8, 4) is 18.1 Å². The number of aliphatic hydroxyl groups is 1. The summed E-state index contributed by atoms with van der Waals surface area (Å²) in [5.41, 5.74) is 0.982. The average Bonchev–Trinajstić information content (AvgIpc) is 3.34. The Bertz CT molecular complexity index is 1420. The fourth-order valence-electron chi connectivity index (χ4n) is 3.88. The van der Waals surface area contributed by atoms with Crippen LogP contribution in [0.4, 0.5) is 0 Å². The second kappa shape index (κ2) is 11.9. The van der Waals surface area contributed by atoms with E-state index in [1.807, 2.05) is 43.5 Å². The predicted molar refractivity (Wildman–Crippen MR) is 138 cm³/mol. The molecule has 2 aromatic carbocycles. The number of aliphatic hydroxyl groups excluding tert-OH is 1. The van der Waals surface area contributed by atoms with Gasteiger partial charge in [-0.2, -0.15) is 0 Å². The van der Waals surface area contributed by atoms with Gasteiger partial charge in [0.2, 0.25) is 0 Å². The summed E-state index contributed by atoms with van der Waals surface area (Å²) in [5, 5.41) is 10.8. The Morgan fingerprint density at radius 2 is 1.47 bits per heavy atom. The molecule has 2 heterocycles. The molecule has 0 aliphatic carbocycles. The maximum atomic E-state index is 12.8. The summed E-state index contributed by atoms with van der Waals surface area (Å²) in [7, 11) is 0. The molecule has 178 valence electrons. The number of rotatable bonds is 12. The van der Waals surface area contributed by atoms with E-state index in [2.05, 4.69) is 5.92 Å². The van der Waals surface area contributed by atoms with Gasteiger partial charge in [0.1, 0.15) is 0 Å². The number of hydrogen-bond acceptors (Lipinski definition) is 4. The van der Waals surface area contributed by atoms with Crippen molar-refractivity contribution in [1.29, 1.82) is 0 Å². The quantitative estimate of drug-likeness (QED) is 0.157. The topological polar surface area (TPSA) is 73.5 Å². The number of hydrogen-bond donors (Lipinski definition) is 1. The zero-order chi connectivity index (χ0) is 23.9. The zero-order valence-electron chi connectivity index (χ0n) is 19.0. The Labute approximate surface area is 210 Å². The van der Waals surface area contributed by atoms with Crippen LogP contribution in [0.1, 0.15) is 44.1 Å². The van der Waals surface area contributed by atoms with E-state index in [1.165, 1.54) is 0 Å². The molecule has 0 bridgehead atoms. The zero-order valence-corrected chi connectivity index (χ0v) is 22.4. The number of terminal acetylenes is 1. The number of nitrogens with zero attached hydrogens (tertiary/aromatic N) is 2. The summed E-state index contributed by atoms with van der Waals surface area (Å²) in [5.74, 6) is 3.33. The molecule has 0 amide bonds. The average molecular weight is 590 g/mol. The van der Waals surface area contributed by atoms with E-state index in [9.17, 15) is 14.7 Å². The fourth-order valence-corrected chi connectivity index (χ4v) is 8.13. The number of aryl methyl sites for hydroxylation is 2. The third-order valence-electron chi connectivity index (χ3n) is 5.72. The minimum atomic E-state index is -0.0401. The third-order valence-corrected chi connectivity index (χ3v) is 10.4. The first-order chi connectivity index (χ1) is 16.6. The van der Waals surface area contributed by atoms with Crippen LogP contribution in [-0.2, 0) is 19.7 Å². The van der Waals surface area contributed by atoms with Gasteiger partial charge in [0, 0.05) is 0 Å². The number of aromatic nitrogens is 2. The van der Waals surface area contributed by atoms with E-state index in [4.69, 9.17) is 11.2 Å². The Balaban J connectivity index is 1.26. The molecular formula is C26H28N2O4Se2. The molecule has 0 spiro atoms. The third kappa shape index (κ3) is 5.86. The van der Waals surface area contributed by atoms with Crippen LogP contribution >= 0.6 is 0 Å². The van der Waals surface area contributed by atoms with Gasteiger partial charge in [-0.1, -0.05) is 0 Å². The molecule has 2 aromatic heterocycles. The van der Waals surface area contributed by atoms with Crippen LogP contribution < -0.4 is 15.9 Å². The van der Waals surface area contributed by atoms with E-state index < -0.39 is 0 Å². The SMILES string of the molecule is C#CCCCOc1ccc2[se]n(CCCCCCn3[se]c4ccc(CO)cc4c3=O)c(=O)c2c1. The normalized spacial score (nSPS) is 11.3. The minimum absolute atomic E-state index is 0.0259. The van der Waals surface area contributed by atoms with Crippen LogP contribution in [0.5, 0.6) is 5.75 Å². The van der Waals surface area contributed by atoms with Gasteiger partial charge in [-0.15, -0.1) is 0 Å². The fraction of sp³-hybridized carbons (Fsp3) is 0.385. The van der Waals surface area contributed by atoms with Crippen LogP contribution in [0.15, 0.2) is 46.0 Å². The van der Waals surface area contributed by atoms with E-state index in [1.54, 1.807) is 0 Å². The van der Waals surface area contributed by atoms with Crippen molar-refractivity contribution in [2.24, 2.45) is 0 Å². The maximum absolute atomic E-state index is 12.8. The summed E-state index contributed by atoms with van der Waals surface area (Å²) >= 11 is 0.0542. The van der Waals surface area contributed by atoms with Gasteiger partial charge in [-0.05, 0) is 0 Å². The number of fused-ring (bicyclic) bond motifs is 2. The molecule has 8 heteroatoms. The molecule has 0 aliphatic rings. The Morgan fingerprint density at radius 3 is 2.09 bits per heavy atom. The monoisotopic (exact) mass is 592 g/mol. The number of ether oxygens (including phenoxy) is 1. The second-order valence-corrected chi connectivity index (χ2v) is 12.7. The van der Waals surface area contributed by atoms with E-state index in [0.717, 1.165) is 75.8 Å². The molecule has 4 rings (SSSR count). The van der Waals surface area contributed by atoms with Crippen molar-refractivity contribution in [3.63, 3.8) is 0 Å². The van der Waals surface area contributed by atoms with Crippen molar-refractivity contribution in [2.45, 2.75) is 58.2 Å². The van der Waals surface area contributed by atoms with E-state index in [-0.39, 0.29) is 47.2 Å². The molecule has 0 saturated heterocycles.